The fraction of sp³-hybridized carbons (Fsp3) is 0.600. The first-order chi connectivity index (χ1) is 11.8. The Bertz CT molecular complexity index is 599. The number of amides is 2. The van der Waals surface area contributed by atoms with Gasteiger partial charge >= 0.3 is 0 Å². The van der Waals surface area contributed by atoms with Crippen LogP contribution < -0.4 is 5.32 Å². The zero-order chi connectivity index (χ0) is 18.4. The molecule has 1 aliphatic rings. The van der Waals surface area contributed by atoms with Crippen molar-refractivity contribution in [2.45, 2.75) is 40.5 Å². The molecule has 0 saturated carbocycles. The molecule has 25 heavy (non-hydrogen) atoms. The lowest BCUT2D eigenvalue weighted by Gasteiger charge is -2.35. The number of aryl methyl sites for hydroxylation is 1. The van der Waals surface area contributed by atoms with Crippen molar-refractivity contribution in [2.75, 3.05) is 38.0 Å². The van der Waals surface area contributed by atoms with Crippen molar-refractivity contribution in [3.63, 3.8) is 0 Å². The van der Waals surface area contributed by atoms with Crippen LogP contribution in [0.1, 0.15) is 39.7 Å². The van der Waals surface area contributed by atoms with E-state index >= 15 is 0 Å². The van der Waals surface area contributed by atoms with Crippen LogP contribution in [-0.2, 0) is 16.0 Å². The highest BCUT2D eigenvalue weighted by atomic mass is 16.2. The summed E-state index contributed by atoms with van der Waals surface area (Å²) < 4.78 is 0. The average Bonchev–Trinajstić information content (AvgIpc) is 2.54. The Morgan fingerprint density at radius 2 is 1.72 bits per heavy atom. The summed E-state index contributed by atoms with van der Waals surface area (Å²) in [5.74, 6) is 0.226. The Kier molecular flexibility index (Phi) is 6.59. The SMILES string of the molecule is CCc1ccccc1NC(=O)CN1CCN(C(=O)CC(C)(C)C)CC1. The van der Waals surface area contributed by atoms with Gasteiger partial charge in [-0.1, -0.05) is 45.9 Å². The van der Waals surface area contributed by atoms with Crippen molar-refractivity contribution in [1.82, 2.24) is 9.80 Å². The van der Waals surface area contributed by atoms with Crippen molar-refractivity contribution in [3.8, 4) is 0 Å². The first-order valence-corrected chi connectivity index (χ1v) is 9.16. The molecule has 1 saturated heterocycles. The van der Waals surface area contributed by atoms with Crippen LogP contribution in [0.4, 0.5) is 5.69 Å². The van der Waals surface area contributed by atoms with Gasteiger partial charge in [0.2, 0.25) is 11.8 Å². The third kappa shape index (κ3) is 6.16. The molecule has 0 atom stereocenters. The maximum absolute atomic E-state index is 12.3. The van der Waals surface area contributed by atoms with Gasteiger partial charge in [-0.3, -0.25) is 14.5 Å². The number of piperazine rings is 1. The third-order valence-corrected chi connectivity index (χ3v) is 4.45. The number of para-hydroxylation sites is 1. The maximum Gasteiger partial charge on any atom is 0.238 e. The Labute approximate surface area is 151 Å². The molecule has 5 nitrogen and oxygen atoms in total. The van der Waals surface area contributed by atoms with Crippen molar-refractivity contribution in [1.29, 1.82) is 0 Å². The standard InChI is InChI=1S/C20H31N3O2/c1-5-16-8-6-7-9-17(16)21-18(24)15-22-10-12-23(13-11-22)19(25)14-20(2,3)4/h6-9H,5,10-15H2,1-4H3,(H,21,24). The second kappa shape index (κ2) is 8.48. The molecule has 0 bridgehead atoms. The minimum atomic E-state index is 0.00960. The molecule has 0 aromatic heterocycles. The van der Waals surface area contributed by atoms with E-state index in [-0.39, 0.29) is 17.2 Å². The van der Waals surface area contributed by atoms with E-state index in [1.807, 2.05) is 29.2 Å². The molecule has 2 amide bonds. The van der Waals surface area contributed by atoms with Gasteiger partial charge in [0, 0.05) is 38.3 Å². The highest BCUT2D eigenvalue weighted by Crippen LogP contribution is 2.20. The molecule has 1 aromatic rings. The quantitative estimate of drug-likeness (QED) is 0.893. The van der Waals surface area contributed by atoms with Crippen molar-refractivity contribution < 1.29 is 9.59 Å². The summed E-state index contributed by atoms with van der Waals surface area (Å²) in [6.07, 6.45) is 1.46. The summed E-state index contributed by atoms with van der Waals surface area (Å²) >= 11 is 0. The van der Waals surface area contributed by atoms with Gasteiger partial charge in [0.25, 0.3) is 0 Å². The number of rotatable bonds is 5. The van der Waals surface area contributed by atoms with E-state index in [9.17, 15) is 9.59 Å². The lowest BCUT2D eigenvalue weighted by Crippen LogP contribution is -2.50. The van der Waals surface area contributed by atoms with Crippen LogP contribution in [0.2, 0.25) is 0 Å². The van der Waals surface area contributed by atoms with Crippen molar-refractivity contribution in [3.05, 3.63) is 29.8 Å². The molecule has 1 aromatic carbocycles. The predicted molar refractivity (Wildman–Crippen MR) is 102 cm³/mol. The lowest BCUT2D eigenvalue weighted by molar-refractivity contribution is -0.134. The van der Waals surface area contributed by atoms with Crippen LogP contribution in [0.5, 0.6) is 0 Å². The van der Waals surface area contributed by atoms with Crippen LogP contribution >= 0.6 is 0 Å². The molecule has 5 heteroatoms. The predicted octanol–water partition coefficient (Wildman–Crippen LogP) is 2.77. The van der Waals surface area contributed by atoms with Crippen LogP contribution in [-0.4, -0.2) is 54.3 Å². The van der Waals surface area contributed by atoms with Gasteiger partial charge in [-0.25, -0.2) is 0 Å². The van der Waals surface area contributed by atoms with E-state index in [0.717, 1.165) is 30.8 Å². The first kappa shape index (κ1) is 19.4. The lowest BCUT2D eigenvalue weighted by atomic mass is 9.91. The van der Waals surface area contributed by atoms with Crippen LogP contribution in [0.25, 0.3) is 0 Å². The molecule has 0 unspecified atom stereocenters. The second-order valence-electron chi connectivity index (χ2n) is 7.95. The van der Waals surface area contributed by atoms with Gasteiger partial charge in [-0.15, -0.1) is 0 Å². The smallest absolute Gasteiger partial charge is 0.238 e. The Morgan fingerprint density at radius 3 is 2.32 bits per heavy atom. The van der Waals surface area contributed by atoms with Crippen LogP contribution in [0.3, 0.4) is 0 Å². The second-order valence-corrected chi connectivity index (χ2v) is 7.95. The number of nitrogens with one attached hydrogen (secondary N) is 1. The number of carbonyl (C=O) groups is 2. The fourth-order valence-electron chi connectivity index (χ4n) is 3.06. The van der Waals surface area contributed by atoms with E-state index in [0.29, 0.717) is 26.1 Å². The summed E-state index contributed by atoms with van der Waals surface area (Å²) in [6, 6.07) is 7.91. The fourth-order valence-corrected chi connectivity index (χ4v) is 3.06. The van der Waals surface area contributed by atoms with Gasteiger partial charge in [0.1, 0.15) is 0 Å². The summed E-state index contributed by atoms with van der Waals surface area (Å²) in [5, 5.41) is 3.01. The molecule has 2 rings (SSSR count). The highest BCUT2D eigenvalue weighted by Gasteiger charge is 2.25. The molecule has 1 heterocycles. The topological polar surface area (TPSA) is 52.7 Å². The highest BCUT2D eigenvalue weighted by molar-refractivity contribution is 5.93. The minimum absolute atomic E-state index is 0.00960. The molecule has 0 spiro atoms. The molecular weight excluding hydrogens is 314 g/mol. The zero-order valence-electron chi connectivity index (χ0n) is 16.0. The van der Waals surface area contributed by atoms with Gasteiger partial charge in [-0.05, 0) is 23.5 Å². The van der Waals surface area contributed by atoms with Gasteiger partial charge in [-0.2, -0.15) is 0 Å². The van der Waals surface area contributed by atoms with Gasteiger partial charge < -0.3 is 10.2 Å². The van der Waals surface area contributed by atoms with Crippen LogP contribution in [0.15, 0.2) is 24.3 Å². The van der Waals surface area contributed by atoms with Crippen molar-refractivity contribution in [2.24, 2.45) is 5.41 Å². The molecule has 1 N–H and O–H groups in total. The van der Waals surface area contributed by atoms with E-state index in [1.165, 1.54) is 0 Å². The number of anilines is 1. The van der Waals surface area contributed by atoms with Crippen molar-refractivity contribution >= 4 is 17.5 Å². The minimum Gasteiger partial charge on any atom is -0.340 e. The van der Waals surface area contributed by atoms with Crippen LogP contribution in [0, 0.1) is 5.41 Å². The monoisotopic (exact) mass is 345 g/mol. The molecule has 0 radical (unpaired) electrons. The molecule has 138 valence electrons. The Balaban J connectivity index is 1.80. The molecule has 1 aliphatic heterocycles. The Morgan fingerprint density at radius 1 is 1.08 bits per heavy atom. The van der Waals surface area contributed by atoms with Gasteiger partial charge in [0.15, 0.2) is 0 Å². The summed E-state index contributed by atoms with van der Waals surface area (Å²) in [4.78, 5) is 28.6. The molecule has 1 fully saturated rings. The van der Waals surface area contributed by atoms with Gasteiger partial charge in [0.05, 0.1) is 6.54 Å². The van der Waals surface area contributed by atoms with E-state index in [2.05, 4.69) is 37.9 Å². The number of carbonyl (C=O) groups excluding carboxylic acids is 2. The third-order valence-electron chi connectivity index (χ3n) is 4.45. The maximum atomic E-state index is 12.3. The first-order valence-electron chi connectivity index (χ1n) is 9.16. The summed E-state index contributed by atoms with van der Waals surface area (Å²) in [6.45, 7) is 11.6. The van der Waals surface area contributed by atoms with E-state index < -0.39 is 0 Å². The van der Waals surface area contributed by atoms with E-state index in [4.69, 9.17) is 0 Å². The molecular formula is C20H31N3O2. The normalized spacial score (nSPS) is 15.9. The largest absolute Gasteiger partial charge is 0.340 e. The summed E-state index contributed by atoms with van der Waals surface area (Å²) in [5.41, 5.74) is 2.06. The zero-order valence-corrected chi connectivity index (χ0v) is 16.0. The number of nitrogens with zero attached hydrogens (tertiary/aromatic N) is 2. The summed E-state index contributed by atoms with van der Waals surface area (Å²) in [7, 11) is 0. The number of hydrogen-bond donors (Lipinski definition) is 1. The average molecular weight is 345 g/mol. The molecule has 0 aliphatic carbocycles. The Hall–Kier alpha value is -1.88. The van der Waals surface area contributed by atoms with E-state index in [1.54, 1.807) is 0 Å². The number of benzene rings is 1. The number of hydrogen-bond acceptors (Lipinski definition) is 3.